The number of benzene rings is 1. The lowest BCUT2D eigenvalue weighted by atomic mass is 9.92. The Morgan fingerprint density at radius 2 is 1.90 bits per heavy atom. The Labute approximate surface area is 171 Å². The number of carbonyl (C=O) groups is 1. The molecule has 4 rings (SSSR count). The van der Waals surface area contributed by atoms with E-state index in [1.54, 1.807) is 12.4 Å². The number of ketones is 1. The quantitative estimate of drug-likeness (QED) is 0.582. The number of carbonyl (C=O) groups excluding carboxylic acids is 1. The van der Waals surface area contributed by atoms with Crippen LogP contribution >= 0.6 is 0 Å². The molecule has 29 heavy (non-hydrogen) atoms. The molecule has 1 aliphatic carbocycles. The zero-order valence-electron chi connectivity index (χ0n) is 16.5. The van der Waals surface area contributed by atoms with Crippen molar-refractivity contribution in [3.05, 3.63) is 107 Å². The largest absolute Gasteiger partial charge is 0.295 e. The first-order chi connectivity index (χ1) is 14.2. The average molecular weight is 381 g/mol. The highest BCUT2D eigenvalue weighted by Crippen LogP contribution is 2.30. The van der Waals surface area contributed by atoms with Crippen molar-refractivity contribution < 1.29 is 4.79 Å². The van der Waals surface area contributed by atoms with Gasteiger partial charge in [0.15, 0.2) is 5.78 Å². The zero-order valence-corrected chi connectivity index (χ0v) is 16.5. The minimum absolute atomic E-state index is 0.206. The monoisotopic (exact) mass is 381 g/mol. The van der Waals surface area contributed by atoms with Gasteiger partial charge in [-0.05, 0) is 40.3 Å². The smallest absolute Gasteiger partial charge is 0.159 e. The van der Waals surface area contributed by atoms with Crippen LogP contribution < -0.4 is 0 Å². The maximum absolute atomic E-state index is 12.8. The maximum Gasteiger partial charge on any atom is 0.159 e. The number of hydrogen-bond donors (Lipinski definition) is 0. The molecule has 0 radical (unpaired) electrons. The Kier molecular flexibility index (Phi) is 5.71. The number of aromatic nitrogens is 3. The van der Waals surface area contributed by atoms with Crippen LogP contribution in [0.4, 0.5) is 0 Å². The molecule has 0 saturated heterocycles. The first kappa shape index (κ1) is 18.9. The fourth-order valence-corrected chi connectivity index (χ4v) is 3.55. The number of allylic oxidation sites excluding steroid dienone is 4. The van der Waals surface area contributed by atoms with Gasteiger partial charge in [-0.1, -0.05) is 55.5 Å². The van der Waals surface area contributed by atoms with Crippen LogP contribution in [0, 0.1) is 0 Å². The van der Waals surface area contributed by atoms with E-state index < -0.39 is 0 Å². The first-order valence-corrected chi connectivity index (χ1v) is 9.88. The van der Waals surface area contributed by atoms with Gasteiger partial charge in [-0.2, -0.15) is 0 Å². The number of hydrogen-bond acceptors (Lipinski definition) is 4. The van der Waals surface area contributed by atoms with E-state index in [-0.39, 0.29) is 11.7 Å². The van der Waals surface area contributed by atoms with E-state index in [1.807, 2.05) is 54.7 Å². The van der Waals surface area contributed by atoms with Crippen molar-refractivity contribution >= 4 is 11.4 Å². The fourth-order valence-electron chi connectivity index (χ4n) is 3.55. The second-order valence-corrected chi connectivity index (χ2v) is 7.40. The summed E-state index contributed by atoms with van der Waals surface area (Å²) in [5.74, 6) is 1.17. The highest BCUT2D eigenvalue weighted by molar-refractivity contribution is 6.00. The van der Waals surface area contributed by atoms with Crippen molar-refractivity contribution in [2.24, 2.45) is 0 Å². The van der Waals surface area contributed by atoms with Crippen LogP contribution in [0.25, 0.3) is 5.57 Å². The van der Waals surface area contributed by atoms with Gasteiger partial charge in [-0.25, -0.2) is 9.97 Å². The summed E-state index contributed by atoms with van der Waals surface area (Å²) in [5, 5.41) is 0. The minimum Gasteiger partial charge on any atom is -0.295 e. The Morgan fingerprint density at radius 1 is 1.03 bits per heavy atom. The third-order valence-electron chi connectivity index (χ3n) is 5.20. The SMILES string of the molecule is C[C@@H](CC(=O)C1=CC=C(c2ccnc(Cc3cccnc3)n2)C1)c1ccccc1. The van der Waals surface area contributed by atoms with E-state index in [0.29, 0.717) is 19.3 Å². The first-order valence-electron chi connectivity index (χ1n) is 9.88. The van der Waals surface area contributed by atoms with E-state index in [4.69, 9.17) is 4.98 Å². The third-order valence-corrected chi connectivity index (χ3v) is 5.20. The molecule has 0 spiro atoms. The summed E-state index contributed by atoms with van der Waals surface area (Å²) in [7, 11) is 0. The number of pyridine rings is 1. The summed E-state index contributed by atoms with van der Waals surface area (Å²) in [4.78, 5) is 26.0. The van der Waals surface area contributed by atoms with Crippen molar-refractivity contribution in [1.82, 2.24) is 15.0 Å². The van der Waals surface area contributed by atoms with Gasteiger partial charge in [0, 0.05) is 37.9 Å². The molecule has 1 aliphatic rings. The normalized spacial score (nSPS) is 14.2. The van der Waals surface area contributed by atoms with Gasteiger partial charge in [0.25, 0.3) is 0 Å². The van der Waals surface area contributed by atoms with Crippen LogP contribution in [0.1, 0.15) is 48.3 Å². The standard InChI is InChI=1S/C25H23N3O/c1-18(20-7-3-2-4-8-20)14-24(29)22-10-9-21(16-22)23-11-13-27-25(28-23)15-19-6-5-12-26-17-19/h2-13,17-18H,14-16H2,1H3/t18-/m0/s1. The molecule has 0 unspecified atom stereocenters. The lowest BCUT2D eigenvalue weighted by molar-refractivity contribution is -0.115. The summed E-state index contributed by atoms with van der Waals surface area (Å²) in [6.07, 6.45) is 11.1. The molecule has 0 N–H and O–H groups in total. The summed E-state index contributed by atoms with van der Waals surface area (Å²) in [6, 6.07) is 16.0. The number of rotatable bonds is 7. The van der Waals surface area contributed by atoms with Crippen LogP contribution in [0.15, 0.2) is 84.8 Å². The Morgan fingerprint density at radius 3 is 2.69 bits per heavy atom. The van der Waals surface area contributed by atoms with Gasteiger partial charge in [0.05, 0.1) is 5.69 Å². The molecule has 2 aromatic heterocycles. The fraction of sp³-hybridized carbons (Fsp3) is 0.200. The highest BCUT2D eigenvalue weighted by atomic mass is 16.1. The molecule has 4 heteroatoms. The van der Waals surface area contributed by atoms with E-state index >= 15 is 0 Å². The molecule has 0 bridgehead atoms. The predicted octanol–water partition coefficient (Wildman–Crippen LogP) is 4.94. The van der Waals surface area contributed by atoms with Crippen LogP contribution in [0.5, 0.6) is 0 Å². The molecule has 0 aliphatic heterocycles. The molecule has 144 valence electrons. The Balaban J connectivity index is 1.39. The molecule has 3 aromatic rings. The van der Waals surface area contributed by atoms with Crippen LogP contribution in [0.2, 0.25) is 0 Å². The summed E-state index contributed by atoms with van der Waals surface area (Å²) in [6.45, 7) is 2.10. The van der Waals surface area contributed by atoms with Crippen molar-refractivity contribution in [2.45, 2.75) is 32.1 Å². The van der Waals surface area contributed by atoms with Gasteiger partial charge in [-0.15, -0.1) is 0 Å². The van der Waals surface area contributed by atoms with Gasteiger partial charge >= 0.3 is 0 Å². The number of Topliss-reactive ketones (excluding diaryl/α,β-unsaturated/α-hetero) is 1. The molecule has 0 fully saturated rings. The van der Waals surface area contributed by atoms with Crippen molar-refractivity contribution in [3.63, 3.8) is 0 Å². The van der Waals surface area contributed by atoms with Crippen molar-refractivity contribution in [2.75, 3.05) is 0 Å². The van der Waals surface area contributed by atoms with Gasteiger partial charge in [-0.3, -0.25) is 9.78 Å². The van der Waals surface area contributed by atoms with E-state index in [0.717, 1.165) is 28.2 Å². The van der Waals surface area contributed by atoms with E-state index in [2.05, 4.69) is 29.0 Å². The van der Waals surface area contributed by atoms with Crippen molar-refractivity contribution in [1.29, 1.82) is 0 Å². The molecule has 4 nitrogen and oxygen atoms in total. The minimum atomic E-state index is 0.206. The topological polar surface area (TPSA) is 55.7 Å². The zero-order chi connectivity index (χ0) is 20.1. The Hall–Kier alpha value is -3.40. The predicted molar refractivity (Wildman–Crippen MR) is 114 cm³/mol. The summed E-state index contributed by atoms with van der Waals surface area (Å²) >= 11 is 0. The highest BCUT2D eigenvalue weighted by Gasteiger charge is 2.20. The molecule has 2 heterocycles. The molecule has 0 saturated carbocycles. The van der Waals surface area contributed by atoms with Crippen LogP contribution in [-0.4, -0.2) is 20.7 Å². The van der Waals surface area contributed by atoms with Crippen molar-refractivity contribution in [3.8, 4) is 0 Å². The third kappa shape index (κ3) is 4.72. The second-order valence-electron chi connectivity index (χ2n) is 7.40. The Bertz CT molecular complexity index is 1060. The lowest BCUT2D eigenvalue weighted by Gasteiger charge is -2.12. The van der Waals surface area contributed by atoms with Gasteiger partial charge in [0.2, 0.25) is 0 Å². The molecule has 0 amide bonds. The summed E-state index contributed by atoms with van der Waals surface area (Å²) in [5.41, 5.74) is 5.08. The number of nitrogens with zero attached hydrogens (tertiary/aromatic N) is 3. The second kappa shape index (κ2) is 8.74. The van der Waals surface area contributed by atoms with E-state index in [1.165, 1.54) is 5.56 Å². The molecule has 1 atom stereocenters. The van der Waals surface area contributed by atoms with Gasteiger partial charge < -0.3 is 0 Å². The van der Waals surface area contributed by atoms with Crippen LogP contribution in [0.3, 0.4) is 0 Å². The van der Waals surface area contributed by atoms with Gasteiger partial charge in [0.1, 0.15) is 5.82 Å². The molecule has 1 aromatic carbocycles. The van der Waals surface area contributed by atoms with Crippen LogP contribution in [-0.2, 0) is 11.2 Å². The molecular weight excluding hydrogens is 358 g/mol. The maximum atomic E-state index is 12.8. The average Bonchev–Trinajstić information content (AvgIpc) is 3.26. The van der Waals surface area contributed by atoms with E-state index in [9.17, 15) is 4.79 Å². The molecular formula is C25H23N3O. The lowest BCUT2D eigenvalue weighted by Crippen LogP contribution is -2.07. The summed E-state index contributed by atoms with van der Waals surface area (Å²) < 4.78 is 0.